The molecule has 0 radical (unpaired) electrons. The van der Waals surface area contributed by atoms with E-state index in [1.54, 1.807) is 11.3 Å². The average Bonchev–Trinajstić information content (AvgIpc) is 3.06. The molecule has 0 saturated heterocycles. The summed E-state index contributed by atoms with van der Waals surface area (Å²) in [6.45, 7) is 9.70. The molecule has 2 nitrogen and oxygen atoms in total. The van der Waals surface area contributed by atoms with E-state index in [4.69, 9.17) is 5.11 Å². The van der Waals surface area contributed by atoms with E-state index >= 15 is 0 Å². The van der Waals surface area contributed by atoms with Gasteiger partial charge in [0.15, 0.2) is 0 Å². The first-order valence-electron chi connectivity index (χ1n) is 7.52. The monoisotopic (exact) mass is 333 g/mol. The van der Waals surface area contributed by atoms with Crippen LogP contribution >= 0.6 is 22.7 Å². The Morgan fingerprint density at radius 1 is 1.23 bits per heavy atom. The number of aliphatic hydroxyl groups excluding tert-OH is 1. The summed E-state index contributed by atoms with van der Waals surface area (Å²) in [6.07, 6.45) is 0. The van der Waals surface area contributed by atoms with Crippen LogP contribution in [0.5, 0.6) is 0 Å². The molecule has 0 aliphatic carbocycles. The molecule has 118 valence electrons. The lowest BCUT2D eigenvalue weighted by Crippen LogP contribution is -2.26. The smallest absolute Gasteiger partial charge is 0.104 e. The molecule has 2 heterocycles. The summed E-state index contributed by atoms with van der Waals surface area (Å²) in [5.41, 5.74) is 1.39. The van der Waals surface area contributed by atoms with E-state index in [-0.39, 0.29) is 6.61 Å². The van der Waals surface area contributed by atoms with E-state index in [1.807, 2.05) is 17.4 Å². The molecule has 0 unspecified atom stereocenters. The van der Waals surface area contributed by atoms with Gasteiger partial charge in [-0.1, -0.05) is 25.7 Å². The lowest BCUT2D eigenvalue weighted by atomic mass is 10.2. The highest BCUT2D eigenvalue weighted by Crippen LogP contribution is 2.22. The second-order valence-corrected chi connectivity index (χ2v) is 7.99. The third-order valence-corrected chi connectivity index (χ3v) is 5.28. The summed E-state index contributed by atoms with van der Waals surface area (Å²) in [5, 5.41) is 10.9. The number of aliphatic hydroxyl groups is 1. The predicted molar refractivity (Wildman–Crippen MR) is 96.3 cm³/mol. The van der Waals surface area contributed by atoms with Crippen LogP contribution in [0.4, 0.5) is 0 Å². The lowest BCUT2D eigenvalue weighted by molar-refractivity contribution is 0.231. The van der Waals surface area contributed by atoms with Crippen molar-refractivity contribution in [2.75, 3.05) is 13.2 Å². The minimum atomic E-state index is -0.0790. The van der Waals surface area contributed by atoms with Crippen LogP contribution in [-0.2, 0) is 13.1 Å². The van der Waals surface area contributed by atoms with Crippen molar-refractivity contribution in [1.29, 1.82) is 0 Å². The largest absolute Gasteiger partial charge is 0.384 e. The number of hydrogen-bond donors (Lipinski definition) is 1. The van der Waals surface area contributed by atoms with Crippen LogP contribution in [0.1, 0.15) is 34.0 Å². The summed E-state index contributed by atoms with van der Waals surface area (Å²) in [6, 6.07) is 6.40. The van der Waals surface area contributed by atoms with Gasteiger partial charge in [-0.3, -0.25) is 4.90 Å². The quantitative estimate of drug-likeness (QED) is 0.804. The summed E-state index contributed by atoms with van der Waals surface area (Å²) in [4.78, 5) is 6.33. The van der Waals surface area contributed by atoms with Gasteiger partial charge in [0, 0.05) is 29.4 Å². The van der Waals surface area contributed by atoms with Crippen molar-refractivity contribution < 1.29 is 5.11 Å². The minimum Gasteiger partial charge on any atom is -0.384 e. The van der Waals surface area contributed by atoms with Crippen LogP contribution < -0.4 is 0 Å². The van der Waals surface area contributed by atoms with Crippen molar-refractivity contribution in [2.45, 2.75) is 33.9 Å². The molecule has 2 rings (SSSR count). The standard InChI is InChI=1S/C18H23NOS2/c1-14(2)11-19(13-18-15(3)8-10-21-18)12-17-7-6-16(22-17)5-4-9-20/h6-8,10,14,20H,9,11-13H2,1-3H3. The Labute approximate surface area is 141 Å². The molecule has 0 aromatic carbocycles. The zero-order valence-corrected chi connectivity index (χ0v) is 15.1. The topological polar surface area (TPSA) is 23.5 Å². The van der Waals surface area contributed by atoms with Crippen molar-refractivity contribution in [3.8, 4) is 11.8 Å². The van der Waals surface area contributed by atoms with Gasteiger partial charge in [0.2, 0.25) is 0 Å². The van der Waals surface area contributed by atoms with Crippen LogP contribution in [-0.4, -0.2) is 23.2 Å². The maximum atomic E-state index is 8.77. The van der Waals surface area contributed by atoms with E-state index in [1.165, 1.54) is 15.3 Å². The highest BCUT2D eigenvalue weighted by molar-refractivity contribution is 7.12. The molecule has 0 spiro atoms. The molecule has 0 aliphatic rings. The average molecular weight is 334 g/mol. The minimum absolute atomic E-state index is 0.0790. The number of rotatable bonds is 6. The number of hydrogen-bond acceptors (Lipinski definition) is 4. The van der Waals surface area contributed by atoms with Crippen molar-refractivity contribution in [1.82, 2.24) is 4.90 Å². The van der Waals surface area contributed by atoms with E-state index in [2.05, 4.69) is 55.0 Å². The molecule has 0 saturated carbocycles. The molecule has 0 atom stereocenters. The van der Waals surface area contributed by atoms with Crippen LogP contribution in [0.25, 0.3) is 0 Å². The number of nitrogens with zero attached hydrogens (tertiary/aromatic N) is 1. The maximum absolute atomic E-state index is 8.77. The van der Waals surface area contributed by atoms with Gasteiger partial charge in [-0.15, -0.1) is 22.7 Å². The van der Waals surface area contributed by atoms with Crippen molar-refractivity contribution in [3.05, 3.63) is 43.8 Å². The zero-order valence-electron chi connectivity index (χ0n) is 13.4. The highest BCUT2D eigenvalue weighted by atomic mass is 32.1. The predicted octanol–water partition coefficient (Wildman–Crippen LogP) is 4.12. The molecule has 2 aromatic rings. The molecule has 0 amide bonds. The second kappa shape index (κ2) is 8.50. The molecule has 0 aliphatic heterocycles. The Kier molecular flexibility index (Phi) is 6.66. The first kappa shape index (κ1) is 17.2. The molecule has 2 aromatic heterocycles. The number of aryl methyl sites for hydroxylation is 1. The van der Waals surface area contributed by atoms with Crippen molar-refractivity contribution in [3.63, 3.8) is 0 Å². The van der Waals surface area contributed by atoms with Gasteiger partial charge in [0.05, 0.1) is 4.88 Å². The van der Waals surface area contributed by atoms with E-state index in [0.717, 1.165) is 24.5 Å². The lowest BCUT2D eigenvalue weighted by Gasteiger charge is -2.23. The third kappa shape index (κ3) is 5.26. The van der Waals surface area contributed by atoms with Crippen molar-refractivity contribution in [2.24, 2.45) is 5.92 Å². The van der Waals surface area contributed by atoms with Crippen molar-refractivity contribution >= 4 is 22.7 Å². The molecule has 1 N–H and O–H groups in total. The summed E-state index contributed by atoms with van der Waals surface area (Å²) in [7, 11) is 0. The second-order valence-electron chi connectivity index (χ2n) is 5.82. The van der Waals surface area contributed by atoms with Gasteiger partial charge in [-0.25, -0.2) is 0 Å². The van der Waals surface area contributed by atoms with Gasteiger partial charge in [-0.05, 0) is 42.0 Å². The van der Waals surface area contributed by atoms with E-state index in [0.29, 0.717) is 5.92 Å². The van der Waals surface area contributed by atoms with Gasteiger partial charge < -0.3 is 5.11 Å². The molecular weight excluding hydrogens is 310 g/mol. The summed E-state index contributed by atoms with van der Waals surface area (Å²) < 4.78 is 0. The first-order valence-corrected chi connectivity index (χ1v) is 9.22. The fourth-order valence-corrected chi connectivity index (χ4v) is 4.22. The molecule has 4 heteroatoms. The maximum Gasteiger partial charge on any atom is 0.104 e. The van der Waals surface area contributed by atoms with E-state index in [9.17, 15) is 0 Å². The van der Waals surface area contributed by atoms with Crippen LogP contribution in [0.3, 0.4) is 0 Å². The Balaban J connectivity index is 2.06. The SMILES string of the molecule is Cc1ccsc1CN(Cc1ccc(C#CCO)s1)CC(C)C. The van der Waals surface area contributed by atoms with Crippen LogP contribution in [0.2, 0.25) is 0 Å². The Hall–Kier alpha value is -1.12. The van der Waals surface area contributed by atoms with Gasteiger partial charge >= 0.3 is 0 Å². The molecule has 0 bridgehead atoms. The Morgan fingerprint density at radius 3 is 2.68 bits per heavy atom. The molecular formula is C18H23NOS2. The molecule has 22 heavy (non-hydrogen) atoms. The van der Waals surface area contributed by atoms with Gasteiger partial charge in [0.1, 0.15) is 6.61 Å². The first-order chi connectivity index (χ1) is 10.6. The highest BCUT2D eigenvalue weighted by Gasteiger charge is 2.12. The van der Waals surface area contributed by atoms with Crippen LogP contribution in [0.15, 0.2) is 23.6 Å². The fraction of sp³-hybridized carbons (Fsp3) is 0.444. The Bertz CT molecular complexity index is 645. The van der Waals surface area contributed by atoms with E-state index < -0.39 is 0 Å². The van der Waals surface area contributed by atoms with Gasteiger partial charge in [-0.2, -0.15) is 0 Å². The Morgan fingerprint density at radius 2 is 2.05 bits per heavy atom. The number of thiophene rings is 2. The molecule has 0 fully saturated rings. The summed E-state index contributed by atoms with van der Waals surface area (Å²) in [5.74, 6) is 6.34. The normalized spacial score (nSPS) is 11.0. The zero-order chi connectivity index (χ0) is 15.9. The van der Waals surface area contributed by atoms with Crippen LogP contribution in [0, 0.1) is 24.7 Å². The third-order valence-electron chi connectivity index (χ3n) is 3.29. The fourth-order valence-electron chi connectivity index (χ4n) is 2.35. The van der Waals surface area contributed by atoms with Gasteiger partial charge in [0.25, 0.3) is 0 Å². The summed E-state index contributed by atoms with van der Waals surface area (Å²) >= 11 is 3.57.